The third-order valence-electron chi connectivity index (χ3n) is 4.44. The van der Waals surface area contributed by atoms with Crippen molar-refractivity contribution in [1.82, 2.24) is 5.32 Å². The van der Waals surface area contributed by atoms with Gasteiger partial charge in [-0.05, 0) is 58.3 Å². The van der Waals surface area contributed by atoms with Gasteiger partial charge in [0.25, 0.3) is 0 Å². The van der Waals surface area contributed by atoms with Crippen LogP contribution < -0.4 is 5.32 Å². The maximum atomic E-state index is 9.55. The summed E-state index contributed by atoms with van der Waals surface area (Å²) < 4.78 is 5.85. The zero-order valence-electron chi connectivity index (χ0n) is 11.7. The van der Waals surface area contributed by atoms with Crippen molar-refractivity contribution in [3.05, 3.63) is 0 Å². The first-order valence-electron chi connectivity index (χ1n) is 7.47. The van der Waals surface area contributed by atoms with Gasteiger partial charge in [0.1, 0.15) is 5.54 Å². The normalized spacial score (nSPS) is 32.4. The van der Waals surface area contributed by atoms with E-state index in [1.165, 1.54) is 32.1 Å². The maximum Gasteiger partial charge on any atom is 0.109 e. The molecule has 0 aromatic heterocycles. The maximum absolute atomic E-state index is 9.55. The van der Waals surface area contributed by atoms with Crippen molar-refractivity contribution in [2.45, 2.75) is 76.5 Å². The molecule has 2 aliphatic carbocycles. The molecule has 2 unspecified atom stereocenters. The van der Waals surface area contributed by atoms with E-state index in [9.17, 15) is 5.26 Å². The van der Waals surface area contributed by atoms with Crippen LogP contribution in [0.3, 0.4) is 0 Å². The molecule has 0 spiro atoms. The van der Waals surface area contributed by atoms with E-state index >= 15 is 0 Å². The number of ether oxygens (including phenoxy) is 1. The lowest BCUT2D eigenvalue weighted by molar-refractivity contribution is -0.00613. The van der Waals surface area contributed by atoms with Crippen molar-refractivity contribution in [1.29, 1.82) is 5.26 Å². The predicted molar refractivity (Wildman–Crippen MR) is 72.2 cm³/mol. The first-order chi connectivity index (χ1) is 8.66. The smallest absolute Gasteiger partial charge is 0.109 e. The van der Waals surface area contributed by atoms with Gasteiger partial charge in [-0.2, -0.15) is 5.26 Å². The average Bonchev–Trinajstić information content (AvgIpc) is 2.65. The van der Waals surface area contributed by atoms with E-state index in [1.54, 1.807) is 0 Å². The molecule has 18 heavy (non-hydrogen) atoms. The summed E-state index contributed by atoms with van der Waals surface area (Å²) in [7, 11) is 0. The molecule has 0 aromatic carbocycles. The van der Waals surface area contributed by atoms with Gasteiger partial charge in [-0.15, -0.1) is 0 Å². The molecule has 2 fully saturated rings. The number of nitrogens with one attached hydrogen (secondary N) is 1. The van der Waals surface area contributed by atoms with Gasteiger partial charge >= 0.3 is 0 Å². The van der Waals surface area contributed by atoms with E-state index in [4.69, 9.17) is 4.74 Å². The van der Waals surface area contributed by atoms with Gasteiger partial charge < -0.3 is 4.74 Å². The average molecular weight is 250 g/mol. The fraction of sp³-hybridized carbons (Fsp3) is 0.933. The van der Waals surface area contributed by atoms with Gasteiger partial charge in [0, 0.05) is 12.6 Å². The van der Waals surface area contributed by atoms with Crippen LogP contribution in [-0.2, 0) is 4.74 Å². The lowest BCUT2D eigenvalue weighted by Crippen LogP contribution is -2.50. The van der Waals surface area contributed by atoms with Gasteiger partial charge in [0.15, 0.2) is 0 Å². The summed E-state index contributed by atoms with van der Waals surface area (Å²) in [6, 6.07) is 2.93. The Labute approximate surface area is 111 Å². The highest BCUT2D eigenvalue weighted by molar-refractivity contribution is 5.14. The largest absolute Gasteiger partial charge is 0.378 e. The van der Waals surface area contributed by atoms with Crippen LogP contribution >= 0.6 is 0 Å². The highest BCUT2D eigenvalue weighted by atomic mass is 16.5. The Kier molecular flexibility index (Phi) is 4.64. The van der Waals surface area contributed by atoms with Crippen LogP contribution in [0.1, 0.15) is 58.8 Å². The van der Waals surface area contributed by atoms with Gasteiger partial charge in [0.05, 0.1) is 12.2 Å². The molecule has 0 radical (unpaired) electrons. The van der Waals surface area contributed by atoms with Crippen molar-refractivity contribution in [2.75, 3.05) is 6.61 Å². The number of hydrogen-bond donors (Lipinski definition) is 1. The SMILES string of the molecule is CC(C)NC1(C#N)CCCC1CCOC1CCC1. The summed E-state index contributed by atoms with van der Waals surface area (Å²) in [6.45, 7) is 5.08. The summed E-state index contributed by atoms with van der Waals surface area (Å²) in [5.41, 5.74) is -0.295. The van der Waals surface area contributed by atoms with Crippen molar-refractivity contribution < 1.29 is 4.74 Å². The number of rotatable bonds is 6. The van der Waals surface area contributed by atoms with E-state index in [1.807, 2.05) is 0 Å². The molecule has 0 saturated heterocycles. The molecule has 2 atom stereocenters. The Balaban J connectivity index is 1.82. The molecule has 3 nitrogen and oxygen atoms in total. The van der Waals surface area contributed by atoms with Gasteiger partial charge in [-0.1, -0.05) is 6.42 Å². The lowest BCUT2D eigenvalue weighted by Gasteiger charge is -2.33. The van der Waals surface area contributed by atoms with E-state index in [0.29, 0.717) is 18.1 Å². The fourth-order valence-corrected chi connectivity index (χ4v) is 3.27. The van der Waals surface area contributed by atoms with E-state index in [-0.39, 0.29) is 5.54 Å². The Hall–Kier alpha value is -0.590. The number of nitriles is 1. The summed E-state index contributed by atoms with van der Waals surface area (Å²) in [5, 5.41) is 13.1. The molecule has 0 amide bonds. The lowest BCUT2D eigenvalue weighted by atomic mass is 9.85. The monoisotopic (exact) mass is 250 g/mol. The van der Waals surface area contributed by atoms with Gasteiger partial charge in [-0.3, -0.25) is 5.32 Å². The first-order valence-corrected chi connectivity index (χ1v) is 7.47. The third kappa shape index (κ3) is 3.05. The van der Waals surface area contributed by atoms with E-state index < -0.39 is 0 Å². The highest BCUT2D eigenvalue weighted by Crippen LogP contribution is 2.38. The second-order valence-electron chi connectivity index (χ2n) is 6.18. The Morgan fingerprint density at radius 1 is 1.33 bits per heavy atom. The second-order valence-corrected chi connectivity index (χ2v) is 6.18. The van der Waals surface area contributed by atoms with Crippen LogP contribution in [-0.4, -0.2) is 24.3 Å². The molecular weight excluding hydrogens is 224 g/mol. The van der Waals surface area contributed by atoms with Crippen LogP contribution in [0, 0.1) is 17.2 Å². The molecule has 0 aliphatic heterocycles. The molecule has 2 aliphatic rings. The first kappa shape index (κ1) is 13.8. The molecule has 0 bridgehead atoms. The standard InChI is InChI=1S/C15H26N2O/c1-12(2)17-15(11-16)9-4-5-13(15)8-10-18-14-6-3-7-14/h12-14,17H,3-10H2,1-2H3. The number of nitrogens with zero attached hydrogens (tertiary/aromatic N) is 1. The van der Waals surface area contributed by atoms with Crippen LogP contribution in [0.4, 0.5) is 0 Å². The molecule has 0 aromatic rings. The van der Waals surface area contributed by atoms with Gasteiger partial charge in [0.2, 0.25) is 0 Å². The zero-order valence-corrected chi connectivity index (χ0v) is 11.7. The van der Waals surface area contributed by atoms with Crippen molar-refractivity contribution in [2.24, 2.45) is 5.92 Å². The van der Waals surface area contributed by atoms with Crippen molar-refractivity contribution in [3.63, 3.8) is 0 Å². The number of hydrogen-bond acceptors (Lipinski definition) is 3. The molecule has 3 heteroatoms. The predicted octanol–water partition coefficient (Wildman–Crippen LogP) is 3.01. The molecule has 2 saturated carbocycles. The summed E-state index contributed by atoms with van der Waals surface area (Å²) in [4.78, 5) is 0. The minimum atomic E-state index is -0.295. The van der Waals surface area contributed by atoms with Crippen LogP contribution in [0.15, 0.2) is 0 Å². The van der Waals surface area contributed by atoms with Crippen LogP contribution in [0.2, 0.25) is 0 Å². The molecular formula is C15H26N2O. The van der Waals surface area contributed by atoms with Crippen LogP contribution in [0.5, 0.6) is 0 Å². The van der Waals surface area contributed by atoms with Crippen LogP contribution in [0.25, 0.3) is 0 Å². The topological polar surface area (TPSA) is 45.0 Å². The van der Waals surface area contributed by atoms with Crippen molar-refractivity contribution >= 4 is 0 Å². The zero-order chi connectivity index (χ0) is 13.0. The molecule has 102 valence electrons. The molecule has 2 rings (SSSR count). The highest BCUT2D eigenvalue weighted by Gasteiger charge is 2.43. The third-order valence-corrected chi connectivity index (χ3v) is 4.44. The minimum absolute atomic E-state index is 0.295. The Morgan fingerprint density at radius 3 is 2.67 bits per heavy atom. The Bertz CT molecular complexity index is 306. The fourth-order valence-electron chi connectivity index (χ4n) is 3.27. The quantitative estimate of drug-likeness (QED) is 0.788. The minimum Gasteiger partial charge on any atom is -0.378 e. The molecule has 0 heterocycles. The summed E-state index contributed by atoms with van der Waals surface area (Å²) in [5.74, 6) is 0.463. The Morgan fingerprint density at radius 2 is 2.11 bits per heavy atom. The van der Waals surface area contributed by atoms with Crippen molar-refractivity contribution in [3.8, 4) is 6.07 Å². The summed E-state index contributed by atoms with van der Waals surface area (Å²) in [6.07, 6.45) is 8.67. The van der Waals surface area contributed by atoms with E-state index in [0.717, 1.165) is 19.4 Å². The summed E-state index contributed by atoms with van der Waals surface area (Å²) >= 11 is 0. The second kappa shape index (κ2) is 6.04. The van der Waals surface area contributed by atoms with Gasteiger partial charge in [-0.25, -0.2) is 0 Å². The molecule has 1 N–H and O–H groups in total. The van der Waals surface area contributed by atoms with E-state index in [2.05, 4.69) is 25.2 Å².